The average molecular weight is 154 g/mol. The van der Waals surface area contributed by atoms with Crippen molar-refractivity contribution in [2.45, 2.75) is 27.2 Å². The first-order valence-corrected chi connectivity index (χ1v) is 4.09. The Kier molecular flexibility index (Phi) is 2.12. The largest absolute Gasteiger partial charge is 0.299 e. The summed E-state index contributed by atoms with van der Waals surface area (Å²) in [6, 6.07) is 0. The quantitative estimate of drug-likeness (QED) is 0.495. The van der Waals surface area contributed by atoms with Gasteiger partial charge in [0.2, 0.25) is 0 Å². The lowest BCUT2D eigenvalue weighted by molar-refractivity contribution is -0.137. The highest BCUT2D eigenvalue weighted by atomic mass is 16.1. The molecule has 0 N–H and O–H groups in total. The second-order valence-corrected chi connectivity index (χ2v) is 3.55. The normalized spacial score (nSPS) is 39.4. The zero-order valence-corrected chi connectivity index (χ0v) is 7.26. The maximum Gasteiger partial charge on any atom is 0.143 e. The Balaban J connectivity index is 2.78. The SMILES string of the molecule is CC1[C@H](C)C(=O)CC(=O)[C@@H]1C. The molecule has 1 unspecified atom stereocenters. The molecule has 1 fully saturated rings. The first-order chi connectivity index (χ1) is 5.04. The summed E-state index contributed by atoms with van der Waals surface area (Å²) in [6.07, 6.45) is 0.159. The molecule has 1 aliphatic carbocycles. The van der Waals surface area contributed by atoms with Gasteiger partial charge in [0, 0.05) is 11.8 Å². The predicted octanol–water partition coefficient (Wildman–Crippen LogP) is 1.44. The Morgan fingerprint density at radius 1 is 1.00 bits per heavy atom. The number of Topliss-reactive ketones (excluding diaryl/α,β-unsaturated/α-hetero) is 2. The summed E-state index contributed by atoms with van der Waals surface area (Å²) < 4.78 is 0. The molecule has 62 valence electrons. The monoisotopic (exact) mass is 154 g/mol. The molecular formula is C9H14O2. The van der Waals surface area contributed by atoms with Gasteiger partial charge in [0.1, 0.15) is 11.6 Å². The van der Waals surface area contributed by atoms with Crippen molar-refractivity contribution < 1.29 is 9.59 Å². The number of hydrogen-bond acceptors (Lipinski definition) is 2. The fourth-order valence-corrected chi connectivity index (χ4v) is 1.51. The summed E-state index contributed by atoms with van der Waals surface area (Å²) in [5.74, 6) is 0.593. The van der Waals surface area contributed by atoms with Gasteiger partial charge in [-0.05, 0) is 5.92 Å². The molecule has 1 rings (SSSR count). The van der Waals surface area contributed by atoms with Crippen LogP contribution in [0.1, 0.15) is 27.2 Å². The molecule has 0 amide bonds. The fraction of sp³-hybridized carbons (Fsp3) is 0.778. The van der Waals surface area contributed by atoms with Crippen molar-refractivity contribution in [1.82, 2.24) is 0 Å². The van der Waals surface area contributed by atoms with Gasteiger partial charge in [-0.15, -0.1) is 0 Å². The van der Waals surface area contributed by atoms with Crippen molar-refractivity contribution in [2.75, 3.05) is 0 Å². The molecule has 2 nitrogen and oxygen atoms in total. The van der Waals surface area contributed by atoms with Crippen LogP contribution in [0.4, 0.5) is 0 Å². The summed E-state index contributed by atoms with van der Waals surface area (Å²) >= 11 is 0. The Morgan fingerprint density at radius 2 is 1.36 bits per heavy atom. The average Bonchev–Trinajstić information content (AvgIpc) is 1.97. The smallest absolute Gasteiger partial charge is 0.143 e. The van der Waals surface area contributed by atoms with Crippen LogP contribution < -0.4 is 0 Å². The van der Waals surface area contributed by atoms with Crippen molar-refractivity contribution in [2.24, 2.45) is 17.8 Å². The lowest BCUT2D eigenvalue weighted by atomic mass is 9.73. The maximum absolute atomic E-state index is 11.1. The van der Waals surface area contributed by atoms with Gasteiger partial charge < -0.3 is 0 Å². The standard InChI is InChI=1S/C9H14O2/c1-5-6(2)8(10)4-9(11)7(5)3/h5-7H,4H2,1-3H3/t5?,6-,7+. The Bertz CT molecular complexity index is 176. The third kappa shape index (κ3) is 1.35. The molecule has 1 saturated carbocycles. The van der Waals surface area contributed by atoms with Crippen molar-refractivity contribution in [1.29, 1.82) is 0 Å². The van der Waals surface area contributed by atoms with E-state index in [4.69, 9.17) is 0 Å². The van der Waals surface area contributed by atoms with Crippen LogP contribution in [-0.4, -0.2) is 11.6 Å². The Labute approximate surface area is 67.0 Å². The van der Waals surface area contributed by atoms with E-state index in [2.05, 4.69) is 0 Å². The highest BCUT2D eigenvalue weighted by molar-refractivity contribution is 6.03. The molecular weight excluding hydrogens is 140 g/mol. The third-order valence-corrected chi connectivity index (χ3v) is 2.94. The Hall–Kier alpha value is -0.660. The molecule has 0 spiro atoms. The maximum atomic E-state index is 11.1. The van der Waals surface area contributed by atoms with Gasteiger partial charge in [0.05, 0.1) is 6.42 Å². The molecule has 2 heteroatoms. The van der Waals surface area contributed by atoms with E-state index < -0.39 is 0 Å². The highest BCUT2D eigenvalue weighted by Gasteiger charge is 2.35. The minimum Gasteiger partial charge on any atom is -0.299 e. The molecule has 0 aromatic heterocycles. The second kappa shape index (κ2) is 2.76. The minimum atomic E-state index is 0.0719. The van der Waals surface area contributed by atoms with Crippen LogP contribution in [0.15, 0.2) is 0 Å². The molecule has 0 radical (unpaired) electrons. The van der Waals surface area contributed by atoms with Crippen LogP contribution in [0.3, 0.4) is 0 Å². The topological polar surface area (TPSA) is 34.1 Å². The number of ketones is 2. The van der Waals surface area contributed by atoms with E-state index >= 15 is 0 Å². The van der Waals surface area contributed by atoms with Gasteiger partial charge >= 0.3 is 0 Å². The lowest BCUT2D eigenvalue weighted by Crippen LogP contribution is -2.36. The fourth-order valence-electron chi connectivity index (χ4n) is 1.51. The van der Waals surface area contributed by atoms with Crippen molar-refractivity contribution in [3.05, 3.63) is 0 Å². The second-order valence-electron chi connectivity index (χ2n) is 3.55. The summed E-state index contributed by atoms with van der Waals surface area (Å²) in [5.41, 5.74) is 0. The number of hydrogen-bond donors (Lipinski definition) is 0. The number of rotatable bonds is 0. The van der Waals surface area contributed by atoms with Crippen LogP contribution in [-0.2, 0) is 9.59 Å². The highest BCUT2D eigenvalue weighted by Crippen LogP contribution is 2.29. The van der Waals surface area contributed by atoms with E-state index in [0.29, 0.717) is 0 Å². The summed E-state index contributed by atoms with van der Waals surface area (Å²) in [6.45, 7) is 5.80. The van der Waals surface area contributed by atoms with E-state index in [0.717, 1.165) is 0 Å². The van der Waals surface area contributed by atoms with Crippen LogP contribution in [0.2, 0.25) is 0 Å². The lowest BCUT2D eigenvalue weighted by Gasteiger charge is -2.29. The Morgan fingerprint density at radius 3 is 1.73 bits per heavy atom. The van der Waals surface area contributed by atoms with E-state index in [1.807, 2.05) is 20.8 Å². The molecule has 0 aromatic carbocycles. The molecule has 1 aliphatic rings. The van der Waals surface area contributed by atoms with E-state index in [1.165, 1.54) is 0 Å². The van der Waals surface area contributed by atoms with Crippen LogP contribution in [0, 0.1) is 17.8 Å². The molecule has 0 saturated heterocycles. The van der Waals surface area contributed by atoms with Gasteiger partial charge in [-0.3, -0.25) is 9.59 Å². The van der Waals surface area contributed by atoms with Crippen LogP contribution in [0.25, 0.3) is 0 Å². The molecule has 0 aromatic rings. The zero-order valence-electron chi connectivity index (χ0n) is 7.26. The third-order valence-electron chi connectivity index (χ3n) is 2.94. The van der Waals surface area contributed by atoms with E-state index in [9.17, 15) is 9.59 Å². The summed E-state index contributed by atoms with van der Waals surface area (Å²) in [7, 11) is 0. The molecule has 0 bridgehead atoms. The van der Waals surface area contributed by atoms with Crippen molar-refractivity contribution in [3.8, 4) is 0 Å². The van der Waals surface area contributed by atoms with Crippen LogP contribution >= 0.6 is 0 Å². The van der Waals surface area contributed by atoms with Gasteiger partial charge in [0.25, 0.3) is 0 Å². The summed E-state index contributed by atoms with van der Waals surface area (Å²) in [5, 5.41) is 0. The minimum absolute atomic E-state index is 0.0719. The van der Waals surface area contributed by atoms with Gasteiger partial charge in [-0.25, -0.2) is 0 Å². The van der Waals surface area contributed by atoms with Crippen molar-refractivity contribution in [3.63, 3.8) is 0 Å². The number of carbonyl (C=O) groups is 2. The van der Waals surface area contributed by atoms with E-state index in [-0.39, 0.29) is 35.7 Å². The molecule has 0 aliphatic heterocycles. The molecule has 0 heterocycles. The molecule has 11 heavy (non-hydrogen) atoms. The first-order valence-electron chi connectivity index (χ1n) is 4.09. The predicted molar refractivity (Wildman–Crippen MR) is 42.1 cm³/mol. The number of carbonyl (C=O) groups excluding carboxylic acids is 2. The van der Waals surface area contributed by atoms with Crippen molar-refractivity contribution >= 4 is 11.6 Å². The van der Waals surface area contributed by atoms with Gasteiger partial charge in [-0.2, -0.15) is 0 Å². The van der Waals surface area contributed by atoms with Gasteiger partial charge in [0.15, 0.2) is 0 Å². The van der Waals surface area contributed by atoms with E-state index in [1.54, 1.807) is 0 Å². The molecule has 3 atom stereocenters. The first kappa shape index (κ1) is 8.44. The van der Waals surface area contributed by atoms with Crippen LogP contribution in [0.5, 0.6) is 0 Å². The summed E-state index contributed by atoms with van der Waals surface area (Å²) in [4.78, 5) is 22.3. The van der Waals surface area contributed by atoms with Gasteiger partial charge in [-0.1, -0.05) is 20.8 Å². The zero-order chi connectivity index (χ0) is 8.59.